The summed E-state index contributed by atoms with van der Waals surface area (Å²) in [7, 11) is 0. The van der Waals surface area contributed by atoms with Gasteiger partial charge in [0.25, 0.3) is 0 Å². The van der Waals surface area contributed by atoms with Crippen LogP contribution in [0.1, 0.15) is 0 Å². The van der Waals surface area contributed by atoms with E-state index in [0.717, 1.165) is 11.4 Å². The van der Waals surface area contributed by atoms with E-state index in [1.807, 2.05) is 6.07 Å². The minimum absolute atomic E-state index is 1.09. The number of hydrogen-bond donors (Lipinski definition) is 1. The monoisotopic (exact) mass is 371 g/mol. The van der Waals surface area contributed by atoms with Gasteiger partial charge in [0, 0.05) is 16.6 Å². The zero-order chi connectivity index (χ0) is 19.5. The highest BCUT2D eigenvalue weighted by Gasteiger charge is 2.11. The summed E-state index contributed by atoms with van der Waals surface area (Å²) < 4.78 is 0. The Bertz CT molecular complexity index is 1240. The second-order valence-electron chi connectivity index (χ2n) is 7.15. The first-order chi connectivity index (χ1) is 14.4. The summed E-state index contributed by atoms with van der Waals surface area (Å²) in [5.41, 5.74) is 7.08. The zero-order valence-corrected chi connectivity index (χ0v) is 16.0. The van der Waals surface area contributed by atoms with E-state index >= 15 is 0 Å². The van der Waals surface area contributed by atoms with Gasteiger partial charge in [-0.25, -0.2) is 0 Å². The largest absolute Gasteiger partial charge is 0.355 e. The van der Waals surface area contributed by atoms with E-state index in [1.165, 1.54) is 33.0 Å². The Hall–Kier alpha value is -3.84. The van der Waals surface area contributed by atoms with Crippen molar-refractivity contribution in [1.29, 1.82) is 0 Å². The summed E-state index contributed by atoms with van der Waals surface area (Å²) in [6, 6.07) is 42.6. The van der Waals surface area contributed by atoms with E-state index < -0.39 is 0 Å². The molecule has 0 atom stereocenters. The average molecular weight is 371 g/mol. The van der Waals surface area contributed by atoms with E-state index in [0.29, 0.717) is 0 Å². The fourth-order valence-corrected chi connectivity index (χ4v) is 3.79. The molecule has 1 nitrogen and oxygen atoms in total. The summed E-state index contributed by atoms with van der Waals surface area (Å²) in [5.74, 6) is 0. The van der Waals surface area contributed by atoms with Gasteiger partial charge < -0.3 is 5.32 Å². The highest BCUT2D eigenvalue weighted by Crippen LogP contribution is 2.38. The molecule has 0 aliphatic heterocycles. The fraction of sp³-hybridized carbons (Fsp3) is 0. The van der Waals surface area contributed by atoms with Crippen molar-refractivity contribution in [3.8, 4) is 22.3 Å². The average Bonchev–Trinajstić information content (AvgIpc) is 2.81. The highest BCUT2D eigenvalue weighted by molar-refractivity contribution is 6.04. The predicted octanol–water partition coefficient (Wildman–Crippen LogP) is 7.92. The van der Waals surface area contributed by atoms with Crippen LogP contribution in [-0.4, -0.2) is 0 Å². The molecule has 0 aromatic heterocycles. The Kier molecular flexibility index (Phi) is 4.56. The molecule has 0 saturated heterocycles. The van der Waals surface area contributed by atoms with E-state index in [4.69, 9.17) is 0 Å². The van der Waals surface area contributed by atoms with Crippen LogP contribution in [0.3, 0.4) is 0 Å². The SMILES string of the molecule is c1ccc(Nc2c(-c3ccccc3)ccc3ccc(-c4ccccc4)cc23)cc1. The van der Waals surface area contributed by atoms with Gasteiger partial charge in [0.2, 0.25) is 0 Å². The molecule has 0 fully saturated rings. The normalized spacial score (nSPS) is 10.8. The number of para-hydroxylation sites is 1. The third-order valence-corrected chi connectivity index (χ3v) is 5.26. The maximum absolute atomic E-state index is 3.69. The molecule has 5 aromatic rings. The van der Waals surface area contributed by atoms with Gasteiger partial charge >= 0.3 is 0 Å². The van der Waals surface area contributed by atoms with Crippen molar-refractivity contribution < 1.29 is 0 Å². The van der Waals surface area contributed by atoms with Crippen molar-refractivity contribution >= 4 is 22.1 Å². The van der Waals surface area contributed by atoms with Gasteiger partial charge in [-0.05, 0) is 40.3 Å². The van der Waals surface area contributed by atoms with E-state index in [2.05, 4.69) is 121 Å². The first-order valence-electron chi connectivity index (χ1n) is 9.88. The topological polar surface area (TPSA) is 12.0 Å². The number of fused-ring (bicyclic) bond motifs is 1. The molecule has 0 amide bonds. The number of anilines is 2. The lowest BCUT2D eigenvalue weighted by Crippen LogP contribution is -1.95. The molecule has 1 heteroatoms. The predicted molar refractivity (Wildman–Crippen MR) is 125 cm³/mol. The molecular weight excluding hydrogens is 350 g/mol. The van der Waals surface area contributed by atoms with Crippen LogP contribution < -0.4 is 5.32 Å². The summed E-state index contributed by atoms with van der Waals surface area (Å²) in [6.07, 6.45) is 0. The Morgan fingerprint density at radius 1 is 0.448 bits per heavy atom. The molecule has 29 heavy (non-hydrogen) atoms. The Morgan fingerprint density at radius 3 is 1.72 bits per heavy atom. The van der Waals surface area contributed by atoms with Crippen LogP contribution in [0, 0.1) is 0 Å². The minimum atomic E-state index is 1.09. The van der Waals surface area contributed by atoms with Gasteiger partial charge in [0.15, 0.2) is 0 Å². The van der Waals surface area contributed by atoms with Crippen molar-refractivity contribution in [2.75, 3.05) is 5.32 Å². The van der Waals surface area contributed by atoms with Crippen LogP contribution >= 0.6 is 0 Å². The fourth-order valence-electron chi connectivity index (χ4n) is 3.79. The summed E-state index contributed by atoms with van der Waals surface area (Å²) in [5, 5.41) is 6.14. The van der Waals surface area contributed by atoms with Crippen molar-refractivity contribution in [1.82, 2.24) is 0 Å². The van der Waals surface area contributed by atoms with Gasteiger partial charge in [0.05, 0.1) is 5.69 Å². The lowest BCUT2D eigenvalue weighted by molar-refractivity contribution is 1.55. The molecule has 0 unspecified atom stereocenters. The van der Waals surface area contributed by atoms with Gasteiger partial charge in [-0.2, -0.15) is 0 Å². The molecule has 0 bridgehead atoms. The van der Waals surface area contributed by atoms with Crippen molar-refractivity contribution in [3.63, 3.8) is 0 Å². The van der Waals surface area contributed by atoms with Crippen LogP contribution in [0.4, 0.5) is 11.4 Å². The van der Waals surface area contributed by atoms with Crippen molar-refractivity contribution in [3.05, 3.63) is 121 Å². The van der Waals surface area contributed by atoms with Gasteiger partial charge in [0.1, 0.15) is 0 Å². The molecule has 5 rings (SSSR count). The van der Waals surface area contributed by atoms with Gasteiger partial charge in [-0.1, -0.05) is 103 Å². The van der Waals surface area contributed by atoms with Crippen molar-refractivity contribution in [2.45, 2.75) is 0 Å². The van der Waals surface area contributed by atoms with E-state index in [9.17, 15) is 0 Å². The number of hydrogen-bond acceptors (Lipinski definition) is 1. The summed E-state index contributed by atoms with van der Waals surface area (Å²) in [4.78, 5) is 0. The van der Waals surface area contributed by atoms with Crippen LogP contribution in [0.5, 0.6) is 0 Å². The van der Waals surface area contributed by atoms with Crippen LogP contribution in [-0.2, 0) is 0 Å². The van der Waals surface area contributed by atoms with Gasteiger partial charge in [-0.15, -0.1) is 0 Å². The number of nitrogens with one attached hydrogen (secondary N) is 1. The molecule has 5 aromatic carbocycles. The second kappa shape index (κ2) is 7.65. The third kappa shape index (κ3) is 3.51. The van der Waals surface area contributed by atoms with Gasteiger partial charge in [-0.3, -0.25) is 0 Å². The maximum atomic E-state index is 3.69. The molecular formula is C28H21N. The Balaban J connectivity index is 1.74. The number of benzene rings is 5. The lowest BCUT2D eigenvalue weighted by atomic mass is 9.95. The van der Waals surface area contributed by atoms with E-state index in [1.54, 1.807) is 0 Å². The highest BCUT2D eigenvalue weighted by atomic mass is 14.9. The summed E-state index contributed by atoms with van der Waals surface area (Å²) >= 11 is 0. The zero-order valence-electron chi connectivity index (χ0n) is 16.0. The van der Waals surface area contributed by atoms with E-state index in [-0.39, 0.29) is 0 Å². The molecule has 0 saturated carbocycles. The molecule has 138 valence electrons. The smallest absolute Gasteiger partial charge is 0.0543 e. The minimum Gasteiger partial charge on any atom is -0.355 e. The maximum Gasteiger partial charge on any atom is 0.0543 e. The Morgan fingerprint density at radius 2 is 1.03 bits per heavy atom. The molecule has 0 spiro atoms. The first-order valence-corrected chi connectivity index (χ1v) is 9.88. The first kappa shape index (κ1) is 17.3. The summed E-state index contributed by atoms with van der Waals surface area (Å²) in [6.45, 7) is 0. The van der Waals surface area contributed by atoms with Crippen LogP contribution in [0.25, 0.3) is 33.0 Å². The van der Waals surface area contributed by atoms with Crippen molar-refractivity contribution in [2.24, 2.45) is 0 Å². The molecule has 1 N–H and O–H groups in total. The lowest BCUT2D eigenvalue weighted by Gasteiger charge is -2.17. The third-order valence-electron chi connectivity index (χ3n) is 5.26. The number of rotatable bonds is 4. The molecule has 0 radical (unpaired) electrons. The Labute approximate surface area is 171 Å². The second-order valence-corrected chi connectivity index (χ2v) is 7.15. The standard InChI is InChI=1S/C28H21N/c1-4-10-21(11-5-1)24-17-16-23-18-19-26(22-12-6-2-7-13-22)28(27(23)20-24)29-25-14-8-3-9-15-25/h1-20,29H. The molecule has 0 aliphatic rings. The van der Waals surface area contributed by atoms with Crippen LogP contribution in [0.15, 0.2) is 121 Å². The quantitative estimate of drug-likeness (QED) is 0.338. The molecule has 0 heterocycles. The van der Waals surface area contributed by atoms with Crippen LogP contribution in [0.2, 0.25) is 0 Å². The molecule has 0 aliphatic carbocycles.